The zero-order valence-electron chi connectivity index (χ0n) is 20.6. The molecule has 0 saturated heterocycles. The van der Waals surface area contributed by atoms with Gasteiger partial charge < -0.3 is 25.6 Å². The van der Waals surface area contributed by atoms with E-state index in [4.69, 9.17) is 15.6 Å². The fourth-order valence-corrected chi connectivity index (χ4v) is 2.24. The smallest absolute Gasteiger partial charge is 0.337 e. The highest BCUT2D eigenvalue weighted by atomic mass is 35.5. The predicted octanol–water partition coefficient (Wildman–Crippen LogP) is 2.64. The summed E-state index contributed by atoms with van der Waals surface area (Å²) in [6, 6.07) is 6.47. The highest BCUT2D eigenvalue weighted by Gasteiger charge is 2.05. The minimum atomic E-state index is -0.942. The van der Waals surface area contributed by atoms with E-state index in [1.165, 1.54) is 24.7 Å². The molecule has 2 aromatic rings. The van der Waals surface area contributed by atoms with Crippen molar-refractivity contribution in [1.82, 2.24) is 15.3 Å². The average Bonchev–Trinajstić information content (AvgIpc) is 2.87. The van der Waals surface area contributed by atoms with Gasteiger partial charge in [-0.2, -0.15) is 0 Å². The second-order valence-corrected chi connectivity index (χ2v) is 6.65. The molecule has 11 nitrogen and oxygen atoms in total. The van der Waals surface area contributed by atoms with Gasteiger partial charge in [0.25, 0.3) is 5.91 Å². The predicted molar refractivity (Wildman–Crippen MR) is 136 cm³/mol. The van der Waals surface area contributed by atoms with Crippen LogP contribution in [-0.2, 0) is 19.1 Å². The molecule has 0 aliphatic carbocycles. The molecule has 0 spiro atoms. The zero-order valence-corrected chi connectivity index (χ0v) is 21.4. The van der Waals surface area contributed by atoms with Crippen molar-refractivity contribution in [2.75, 3.05) is 26.3 Å². The molecule has 0 saturated carbocycles. The third-order valence-corrected chi connectivity index (χ3v) is 3.87. The van der Waals surface area contributed by atoms with Crippen molar-refractivity contribution in [3.8, 4) is 0 Å². The number of carboxylic acids is 1. The van der Waals surface area contributed by atoms with Crippen LogP contribution < -0.4 is 11.1 Å². The molecule has 200 valence electrons. The number of carbonyl (C=O) groups is 4. The summed E-state index contributed by atoms with van der Waals surface area (Å²) < 4.78 is 9.42. The van der Waals surface area contributed by atoms with Crippen molar-refractivity contribution in [2.45, 2.75) is 39.5 Å². The Morgan fingerprint density at radius 3 is 1.78 bits per heavy atom. The molecule has 4 N–H and O–H groups in total. The van der Waals surface area contributed by atoms with Crippen LogP contribution in [0.1, 0.15) is 60.2 Å². The first-order valence-corrected chi connectivity index (χ1v) is 11.2. The minimum Gasteiger partial charge on any atom is -0.478 e. The van der Waals surface area contributed by atoms with Gasteiger partial charge in [-0.3, -0.25) is 24.4 Å². The van der Waals surface area contributed by atoms with Crippen LogP contribution in [0.15, 0.2) is 49.1 Å². The van der Waals surface area contributed by atoms with Crippen LogP contribution >= 0.6 is 12.4 Å². The van der Waals surface area contributed by atoms with E-state index < -0.39 is 5.97 Å². The molecule has 2 rings (SSSR count). The molecule has 0 bridgehead atoms. The Morgan fingerprint density at radius 2 is 1.39 bits per heavy atom. The molecule has 2 heterocycles. The first kappa shape index (κ1) is 34.6. The van der Waals surface area contributed by atoms with Gasteiger partial charge in [0.05, 0.1) is 24.3 Å². The fourth-order valence-electron chi connectivity index (χ4n) is 2.24. The number of nitrogens with two attached hydrogens (primary N) is 1. The Hall–Kier alpha value is -3.57. The van der Waals surface area contributed by atoms with Gasteiger partial charge in [0, 0.05) is 44.2 Å². The first-order valence-electron chi connectivity index (χ1n) is 11.2. The second kappa shape index (κ2) is 23.2. The number of ether oxygens (including phenoxy) is 2. The van der Waals surface area contributed by atoms with Crippen molar-refractivity contribution in [3.63, 3.8) is 0 Å². The number of nitrogens with zero attached hydrogens (tertiary/aromatic N) is 2. The van der Waals surface area contributed by atoms with Gasteiger partial charge in [0.1, 0.15) is 0 Å². The zero-order chi connectivity index (χ0) is 26.3. The lowest BCUT2D eigenvalue weighted by Crippen LogP contribution is -2.25. The number of carboxylic acid groups (broad SMARTS) is 1. The summed E-state index contributed by atoms with van der Waals surface area (Å²) in [4.78, 5) is 50.7. The molecule has 0 aliphatic rings. The Bertz CT molecular complexity index is 871. The Morgan fingerprint density at radius 1 is 0.889 bits per heavy atom. The molecule has 0 atom stereocenters. The summed E-state index contributed by atoms with van der Waals surface area (Å²) in [6.07, 6.45) is 8.02. The molecule has 0 aromatic carbocycles. The molecule has 0 aliphatic heterocycles. The minimum absolute atomic E-state index is 0. The van der Waals surface area contributed by atoms with E-state index in [1.807, 2.05) is 0 Å². The standard InChI is InChI=1S/C12H16N2O3.C6H5NO2.C6H13NO2.ClH/c1-2-17-11(15)6-4-8-14-12(16)10-5-3-7-13-9-10;8-6(9)5-2-1-3-7-4-5;1-2-9-6(8)4-3-5-7;/h3,5,7,9H,2,4,6,8H2,1H3,(H,14,16);1-4H,(H,8,9);2-5,7H2,1H3;1H. The van der Waals surface area contributed by atoms with E-state index >= 15 is 0 Å². The number of aromatic carboxylic acids is 1. The van der Waals surface area contributed by atoms with E-state index in [9.17, 15) is 19.2 Å². The number of esters is 2. The number of hydrogen-bond donors (Lipinski definition) is 3. The third-order valence-electron chi connectivity index (χ3n) is 3.87. The molecule has 1 amide bonds. The maximum atomic E-state index is 11.5. The SMILES string of the molecule is CCOC(=O)CCCN.CCOC(=O)CCCNC(=O)c1cccnc1.Cl.O=C(O)c1cccnc1. The summed E-state index contributed by atoms with van der Waals surface area (Å²) in [6.45, 7) is 5.41. The first-order chi connectivity index (χ1) is 16.8. The van der Waals surface area contributed by atoms with E-state index in [1.54, 1.807) is 38.2 Å². The van der Waals surface area contributed by atoms with Crippen LogP contribution in [0.5, 0.6) is 0 Å². The molecular formula is C24H35ClN4O7. The van der Waals surface area contributed by atoms with Crippen LogP contribution in [0, 0.1) is 0 Å². The van der Waals surface area contributed by atoms with Crippen LogP contribution in [0.3, 0.4) is 0 Å². The number of amides is 1. The summed E-state index contributed by atoms with van der Waals surface area (Å²) in [7, 11) is 0. The molecule has 12 heteroatoms. The monoisotopic (exact) mass is 526 g/mol. The second-order valence-electron chi connectivity index (χ2n) is 6.65. The Kier molecular flexibility index (Phi) is 22.3. The number of carbonyl (C=O) groups excluding carboxylic acids is 3. The van der Waals surface area contributed by atoms with Gasteiger partial charge >= 0.3 is 17.9 Å². The van der Waals surface area contributed by atoms with Gasteiger partial charge in [0.15, 0.2) is 0 Å². The van der Waals surface area contributed by atoms with Crippen LogP contribution in [0.2, 0.25) is 0 Å². The molecular weight excluding hydrogens is 492 g/mol. The Labute approximate surface area is 217 Å². The van der Waals surface area contributed by atoms with Gasteiger partial charge in [-0.25, -0.2) is 4.79 Å². The summed E-state index contributed by atoms with van der Waals surface area (Å²) in [5, 5.41) is 11.1. The summed E-state index contributed by atoms with van der Waals surface area (Å²) >= 11 is 0. The van der Waals surface area contributed by atoms with E-state index in [-0.39, 0.29) is 35.8 Å². The molecule has 0 radical (unpaired) electrons. The maximum absolute atomic E-state index is 11.5. The van der Waals surface area contributed by atoms with Crippen LogP contribution in [-0.4, -0.2) is 65.2 Å². The fraction of sp³-hybridized carbons (Fsp3) is 0.417. The topological polar surface area (TPSA) is 171 Å². The molecule has 2 aromatic heterocycles. The molecule has 0 unspecified atom stereocenters. The lowest BCUT2D eigenvalue weighted by molar-refractivity contribution is -0.144. The van der Waals surface area contributed by atoms with Crippen LogP contribution in [0.4, 0.5) is 0 Å². The van der Waals surface area contributed by atoms with E-state index in [0.717, 1.165) is 6.42 Å². The van der Waals surface area contributed by atoms with E-state index in [0.29, 0.717) is 51.1 Å². The van der Waals surface area contributed by atoms with Gasteiger partial charge in [-0.15, -0.1) is 12.4 Å². The van der Waals surface area contributed by atoms with Crippen molar-refractivity contribution in [2.24, 2.45) is 5.73 Å². The number of hydrogen-bond acceptors (Lipinski definition) is 9. The largest absolute Gasteiger partial charge is 0.478 e. The van der Waals surface area contributed by atoms with Crippen molar-refractivity contribution >= 4 is 36.2 Å². The van der Waals surface area contributed by atoms with Crippen molar-refractivity contribution < 1.29 is 33.8 Å². The summed E-state index contributed by atoms with van der Waals surface area (Å²) in [5.41, 5.74) is 5.90. The normalized spacial score (nSPS) is 9.08. The number of pyridine rings is 2. The lowest BCUT2D eigenvalue weighted by Gasteiger charge is -2.04. The lowest BCUT2D eigenvalue weighted by atomic mass is 10.2. The highest BCUT2D eigenvalue weighted by Crippen LogP contribution is 1.96. The highest BCUT2D eigenvalue weighted by molar-refractivity contribution is 5.93. The van der Waals surface area contributed by atoms with Gasteiger partial charge in [-0.05, 0) is 57.5 Å². The quantitative estimate of drug-likeness (QED) is 0.292. The van der Waals surface area contributed by atoms with Crippen molar-refractivity contribution in [1.29, 1.82) is 0 Å². The Balaban J connectivity index is 0. The van der Waals surface area contributed by atoms with E-state index in [2.05, 4.69) is 20.0 Å². The molecule has 0 fully saturated rings. The number of halogens is 1. The van der Waals surface area contributed by atoms with Crippen molar-refractivity contribution in [3.05, 3.63) is 60.2 Å². The van der Waals surface area contributed by atoms with Crippen LogP contribution in [0.25, 0.3) is 0 Å². The number of nitrogens with one attached hydrogen (secondary N) is 1. The molecule has 36 heavy (non-hydrogen) atoms. The summed E-state index contributed by atoms with van der Waals surface area (Å²) in [5.74, 6) is -1.50. The maximum Gasteiger partial charge on any atom is 0.337 e. The van der Waals surface area contributed by atoms with Gasteiger partial charge in [-0.1, -0.05) is 0 Å². The third kappa shape index (κ3) is 18.8. The van der Waals surface area contributed by atoms with Gasteiger partial charge in [0.2, 0.25) is 0 Å². The average molecular weight is 527 g/mol. The number of rotatable bonds is 11. The number of aromatic nitrogens is 2.